The summed E-state index contributed by atoms with van der Waals surface area (Å²) in [7, 11) is 1.53. The average Bonchev–Trinajstić information content (AvgIpc) is 2.86. The van der Waals surface area contributed by atoms with Crippen LogP contribution >= 0.6 is 33.9 Å². The summed E-state index contributed by atoms with van der Waals surface area (Å²) in [5.41, 5.74) is 1.19. The Hall–Kier alpha value is -1.39. The molecule has 0 aliphatic rings. The first-order chi connectivity index (χ1) is 9.17. The lowest BCUT2D eigenvalue weighted by Gasteiger charge is -2.11. The molecule has 0 N–H and O–H groups in total. The molecule has 0 saturated carbocycles. The summed E-state index contributed by atoms with van der Waals surface area (Å²) in [6.45, 7) is 0. The van der Waals surface area contributed by atoms with Crippen molar-refractivity contribution in [2.75, 3.05) is 7.11 Å². The number of nitrogens with zero attached hydrogens (tertiary/aromatic N) is 1. The van der Waals surface area contributed by atoms with E-state index in [-0.39, 0.29) is 5.78 Å². The topological polar surface area (TPSA) is 50.1 Å². The van der Waals surface area contributed by atoms with Crippen molar-refractivity contribution in [1.82, 2.24) is 0 Å². The predicted molar refractivity (Wildman–Crippen MR) is 82.7 cm³/mol. The molecule has 1 aromatic heterocycles. The molecule has 0 radical (unpaired) electrons. The summed E-state index contributed by atoms with van der Waals surface area (Å²) < 4.78 is 6.24. The maximum Gasteiger partial charge on any atom is 0.185 e. The average molecular weight is 383 g/mol. The van der Waals surface area contributed by atoms with Gasteiger partial charge in [-0.3, -0.25) is 4.79 Å². The smallest absolute Gasteiger partial charge is 0.185 e. The Morgan fingerprint density at radius 1 is 1.47 bits per heavy atom. The van der Waals surface area contributed by atoms with Crippen LogP contribution in [-0.2, 0) is 0 Å². The maximum absolute atomic E-state index is 12.4. The molecular weight excluding hydrogens is 373 g/mol. The number of hydrogen-bond donors (Lipinski definition) is 0. The standard InChI is InChI=1S/C14H10INO2S/c1-18-12-5-3-2-4-10(12)11(7-16)14(17)9-6-13(15)19-8-9/h2-6,8,11H,1H3. The normalized spacial score (nSPS) is 11.6. The number of nitriles is 1. The van der Waals surface area contributed by atoms with Crippen molar-refractivity contribution in [2.24, 2.45) is 0 Å². The van der Waals surface area contributed by atoms with Gasteiger partial charge in [-0.05, 0) is 34.7 Å². The second kappa shape index (κ2) is 6.17. The monoisotopic (exact) mass is 383 g/mol. The lowest BCUT2D eigenvalue weighted by atomic mass is 9.92. The minimum absolute atomic E-state index is 0.189. The SMILES string of the molecule is COc1ccccc1C(C#N)C(=O)c1csc(I)c1. The molecule has 1 heterocycles. The Kier molecular flexibility index (Phi) is 4.56. The van der Waals surface area contributed by atoms with Crippen LogP contribution in [0, 0.1) is 14.2 Å². The first-order valence-electron chi connectivity index (χ1n) is 5.48. The summed E-state index contributed by atoms with van der Waals surface area (Å²) in [4.78, 5) is 12.4. The molecule has 3 nitrogen and oxygen atoms in total. The van der Waals surface area contributed by atoms with Gasteiger partial charge in [0.2, 0.25) is 0 Å². The number of benzene rings is 1. The van der Waals surface area contributed by atoms with Crippen molar-refractivity contribution in [3.8, 4) is 11.8 Å². The first-order valence-corrected chi connectivity index (χ1v) is 7.44. The van der Waals surface area contributed by atoms with Gasteiger partial charge in [-0.25, -0.2) is 0 Å². The van der Waals surface area contributed by atoms with Gasteiger partial charge in [0.05, 0.1) is 16.1 Å². The summed E-state index contributed by atoms with van der Waals surface area (Å²) in [6, 6.07) is 11.0. The summed E-state index contributed by atoms with van der Waals surface area (Å²) in [5, 5.41) is 11.1. The molecule has 1 aromatic carbocycles. The maximum atomic E-state index is 12.4. The lowest BCUT2D eigenvalue weighted by Crippen LogP contribution is -2.11. The van der Waals surface area contributed by atoms with Crippen molar-refractivity contribution in [1.29, 1.82) is 5.26 Å². The first kappa shape index (κ1) is 14.0. The van der Waals surface area contributed by atoms with E-state index in [1.165, 1.54) is 18.4 Å². The highest BCUT2D eigenvalue weighted by Crippen LogP contribution is 2.30. The van der Waals surface area contributed by atoms with E-state index in [1.54, 1.807) is 29.6 Å². The zero-order valence-corrected chi connectivity index (χ0v) is 13.1. The van der Waals surface area contributed by atoms with Gasteiger partial charge in [0.1, 0.15) is 11.7 Å². The van der Waals surface area contributed by atoms with Crippen LogP contribution in [-0.4, -0.2) is 12.9 Å². The third kappa shape index (κ3) is 2.96. The highest BCUT2D eigenvalue weighted by molar-refractivity contribution is 14.1. The molecule has 0 aliphatic carbocycles. The number of ketones is 1. The van der Waals surface area contributed by atoms with E-state index < -0.39 is 5.92 Å². The molecule has 0 spiro atoms. The van der Waals surface area contributed by atoms with Gasteiger partial charge >= 0.3 is 0 Å². The van der Waals surface area contributed by atoms with Crippen LogP contribution in [0.5, 0.6) is 5.75 Å². The minimum atomic E-state index is -0.832. The molecule has 2 aromatic rings. The van der Waals surface area contributed by atoms with Crippen LogP contribution in [0.25, 0.3) is 0 Å². The largest absolute Gasteiger partial charge is 0.496 e. The summed E-state index contributed by atoms with van der Waals surface area (Å²) >= 11 is 3.65. The number of hydrogen-bond acceptors (Lipinski definition) is 4. The van der Waals surface area contributed by atoms with Crippen LogP contribution in [0.15, 0.2) is 35.7 Å². The fourth-order valence-electron chi connectivity index (χ4n) is 1.78. The van der Waals surface area contributed by atoms with Gasteiger partial charge in [-0.1, -0.05) is 18.2 Å². The molecule has 1 unspecified atom stereocenters. The third-order valence-electron chi connectivity index (χ3n) is 2.69. The van der Waals surface area contributed by atoms with Gasteiger partial charge in [0.15, 0.2) is 5.78 Å². The van der Waals surface area contributed by atoms with E-state index in [4.69, 9.17) is 4.74 Å². The second-order valence-electron chi connectivity index (χ2n) is 3.81. The molecule has 2 rings (SSSR count). The van der Waals surface area contributed by atoms with E-state index in [2.05, 4.69) is 28.7 Å². The molecule has 0 bridgehead atoms. The minimum Gasteiger partial charge on any atom is -0.496 e. The van der Waals surface area contributed by atoms with E-state index >= 15 is 0 Å². The zero-order chi connectivity index (χ0) is 13.8. The Bertz CT molecular complexity index is 645. The van der Waals surface area contributed by atoms with Crippen molar-refractivity contribution in [3.63, 3.8) is 0 Å². The lowest BCUT2D eigenvalue weighted by molar-refractivity contribution is 0.0978. The molecule has 0 amide bonds. The molecule has 1 atom stereocenters. The van der Waals surface area contributed by atoms with E-state index in [9.17, 15) is 10.1 Å². The molecule has 0 fully saturated rings. The quantitative estimate of drug-likeness (QED) is 0.595. The number of halogens is 1. The predicted octanol–water partition coefficient (Wildman–Crippen LogP) is 3.85. The van der Waals surface area contributed by atoms with Crippen LogP contribution in [0.2, 0.25) is 0 Å². The highest BCUT2D eigenvalue weighted by atomic mass is 127. The Morgan fingerprint density at radius 2 is 2.21 bits per heavy atom. The van der Waals surface area contributed by atoms with E-state index in [0.717, 1.165) is 2.88 Å². The number of ether oxygens (including phenoxy) is 1. The van der Waals surface area contributed by atoms with E-state index in [0.29, 0.717) is 16.9 Å². The summed E-state index contributed by atoms with van der Waals surface area (Å²) in [6.07, 6.45) is 0. The fraction of sp³-hybridized carbons (Fsp3) is 0.143. The van der Waals surface area contributed by atoms with Crippen LogP contribution in [0.4, 0.5) is 0 Å². The van der Waals surface area contributed by atoms with Crippen LogP contribution in [0.1, 0.15) is 21.8 Å². The number of thiophene rings is 1. The third-order valence-corrected chi connectivity index (χ3v) is 4.48. The Balaban J connectivity index is 2.40. The second-order valence-corrected chi connectivity index (χ2v) is 6.61. The van der Waals surface area contributed by atoms with Crippen molar-refractivity contribution in [3.05, 3.63) is 49.7 Å². The molecule has 0 saturated heterocycles. The summed E-state index contributed by atoms with van der Waals surface area (Å²) in [5.74, 6) is -0.458. The number of Topliss-reactive ketones (excluding diaryl/α,β-unsaturated/α-hetero) is 1. The fourth-order valence-corrected chi connectivity index (χ4v) is 3.12. The Morgan fingerprint density at radius 3 is 2.79 bits per heavy atom. The molecule has 0 aliphatic heterocycles. The van der Waals surface area contributed by atoms with Gasteiger partial charge in [-0.15, -0.1) is 11.3 Å². The molecule has 96 valence electrons. The zero-order valence-electron chi connectivity index (χ0n) is 10.1. The van der Waals surface area contributed by atoms with Crippen molar-refractivity contribution >= 4 is 39.7 Å². The number of rotatable bonds is 4. The highest BCUT2D eigenvalue weighted by Gasteiger charge is 2.25. The van der Waals surface area contributed by atoms with E-state index in [1.807, 2.05) is 6.07 Å². The molecule has 19 heavy (non-hydrogen) atoms. The van der Waals surface area contributed by atoms with Crippen molar-refractivity contribution < 1.29 is 9.53 Å². The van der Waals surface area contributed by atoms with Gasteiger partial charge in [0, 0.05) is 16.5 Å². The molecular formula is C14H10INO2S. The Labute approximate surface area is 129 Å². The number of carbonyl (C=O) groups is 1. The number of carbonyl (C=O) groups excluding carboxylic acids is 1. The number of methoxy groups -OCH3 is 1. The van der Waals surface area contributed by atoms with Gasteiger partial charge in [0.25, 0.3) is 0 Å². The van der Waals surface area contributed by atoms with Gasteiger partial charge < -0.3 is 4.74 Å². The van der Waals surface area contributed by atoms with Crippen LogP contribution in [0.3, 0.4) is 0 Å². The molecule has 5 heteroatoms. The van der Waals surface area contributed by atoms with Crippen LogP contribution < -0.4 is 4.74 Å². The number of para-hydroxylation sites is 1. The van der Waals surface area contributed by atoms with Gasteiger partial charge in [-0.2, -0.15) is 5.26 Å². The van der Waals surface area contributed by atoms with Crippen molar-refractivity contribution in [2.45, 2.75) is 5.92 Å².